The van der Waals surface area contributed by atoms with Gasteiger partial charge < -0.3 is 10.5 Å². The summed E-state index contributed by atoms with van der Waals surface area (Å²) >= 11 is 1.41. The van der Waals surface area contributed by atoms with Gasteiger partial charge in [-0.05, 0) is 12.1 Å². The van der Waals surface area contributed by atoms with E-state index in [0.29, 0.717) is 23.2 Å². The summed E-state index contributed by atoms with van der Waals surface area (Å²) in [6.45, 7) is 0.370. The summed E-state index contributed by atoms with van der Waals surface area (Å²) in [5, 5.41) is 13.2. The van der Waals surface area contributed by atoms with E-state index in [1.54, 1.807) is 17.7 Å². The standard InChI is InChI=1S/C10H10N6OS/c1-17-5-8-13-14-10-16(8)15-9(18-10)6-3-2-4-7(11)12-6/h2-4H,5H2,1H3,(H2,11,12). The fourth-order valence-corrected chi connectivity index (χ4v) is 2.38. The van der Waals surface area contributed by atoms with E-state index in [1.807, 2.05) is 12.1 Å². The number of fused-ring (bicyclic) bond motifs is 1. The van der Waals surface area contributed by atoms with Crippen LogP contribution < -0.4 is 5.73 Å². The molecule has 0 spiro atoms. The Morgan fingerprint density at radius 2 is 2.28 bits per heavy atom. The van der Waals surface area contributed by atoms with Gasteiger partial charge in [0, 0.05) is 7.11 Å². The van der Waals surface area contributed by atoms with Crippen molar-refractivity contribution in [3.63, 3.8) is 0 Å². The number of anilines is 1. The molecule has 0 saturated carbocycles. The fourth-order valence-electron chi connectivity index (χ4n) is 1.55. The first kappa shape index (κ1) is 11.1. The molecule has 3 aromatic heterocycles. The van der Waals surface area contributed by atoms with Crippen LogP contribution in [-0.2, 0) is 11.3 Å². The van der Waals surface area contributed by atoms with Crippen molar-refractivity contribution in [1.29, 1.82) is 0 Å². The highest BCUT2D eigenvalue weighted by Crippen LogP contribution is 2.24. The first-order valence-electron chi connectivity index (χ1n) is 5.21. The summed E-state index contributed by atoms with van der Waals surface area (Å²) in [5.74, 6) is 1.13. The molecule has 3 aromatic rings. The summed E-state index contributed by atoms with van der Waals surface area (Å²) in [5.41, 5.74) is 6.38. The van der Waals surface area contributed by atoms with E-state index < -0.39 is 0 Å². The highest BCUT2D eigenvalue weighted by Gasteiger charge is 2.13. The maximum absolute atomic E-state index is 5.65. The maximum Gasteiger partial charge on any atom is 0.235 e. The van der Waals surface area contributed by atoms with Crippen molar-refractivity contribution in [1.82, 2.24) is 24.8 Å². The largest absolute Gasteiger partial charge is 0.384 e. The second-order valence-electron chi connectivity index (χ2n) is 3.60. The molecule has 8 heteroatoms. The highest BCUT2D eigenvalue weighted by molar-refractivity contribution is 7.19. The van der Waals surface area contributed by atoms with Gasteiger partial charge in [-0.2, -0.15) is 9.61 Å². The molecule has 7 nitrogen and oxygen atoms in total. The molecule has 0 fully saturated rings. The molecule has 2 N–H and O–H groups in total. The summed E-state index contributed by atoms with van der Waals surface area (Å²) in [4.78, 5) is 4.94. The van der Waals surface area contributed by atoms with Crippen molar-refractivity contribution in [2.75, 3.05) is 12.8 Å². The Labute approximate surface area is 106 Å². The molecule has 0 aliphatic heterocycles. The van der Waals surface area contributed by atoms with Gasteiger partial charge in [-0.15, -0.1) is 10.2 Å². The predicted octanol–water partition coefficient (Wildman–Crippen LogP) is 0.976. The Kier molecular flexibility index (Phi) is 2.65. The average molecular weight is 262 g/mol. The van der Waals surface area contributed by atoms with Gasteiger partial charge in [0.15, 0.2) is 10.8 Å². The lowest BCUT2D eigenvalue weighted by Crippen LogP contribution is -1.98. The van der Waals surface area contributed by atoms with Crippen LogP contribution in [-0.4, -0.2) is 31.9 Å². The summed E-state index contributed by atoms with van der Waals surface area (Å²) in [6, 6.07) is 5.44. The monoisotopic (exact) mass is 262 g/mol. The quantitative estimate of drug-likeness (QED) is 0.756. The minimum atomic E-state index is 0.370. The van der Waals surface area contributed by atoms with Gasteiger partial charge in [-0.25, -0.2) is 4.98 Å². The van der Waals surface area contributed by atoms with Crippen LogP contribution in [0.15, 0.2) is 18.2 Å². The predicted molar refractivity (Wildman–Crippen MR) is 67.0 cm³/mol. The molecule has 92 valence electrons. The van der Waals surface area contributed by atoms with E-state index in [-0.39, 0.29) is 0 Å². The average Bonchev–Trinajstić information content (AvgIpc) is 2.92. The molecule has 18 heavy (non-hydrogen) atoms. The highest BCUT2D eigenvalue weighted by atomic mass is 32.1. The van der Waals surface area contributed by atoms with Gasteiger partial charge in [-0.1, -0.05) is 17.4 Å². The van der Waals surface area contributed by atoms with Gasteiger partial charge in [0.25, 0.3) is 0 Å². The van der Waals surface area contributed by atoms with Crippen molar-refractivity contribution in [3.05, 3.63) is 24.0 Å². The van der Waals surface area contributed by atoms with Crippen LogP contribution in [0.5, 0.6) is 0 Å². The van der Waals surface area contributed by atoms with E-state index >= 15 is 0 Å². The number of pyridine rings is 1. The van der Waals surface area contributed by atoms with Crippen LogP contribution in [0.1, 0.15) is 5.82 Å². The third-order valence-corrected chi connectivity index (χ3v) is 3.24. The topological polar surface area (TPSA) is 91.2 Å². The van der Waals surface area contributed by atoms with Crippen LogP contribution >= 0.6 is 11.3 Å². The van der Waals surface area contributed by atoms with E-state index in [0.717, 1.165) is 10.7 Å². The van der Waals surface area contributed by atoms with Crippen molar-refractivity contribution in [2.45, 2.75) is 6.61 Å². The number of methoxy groups -OCH3 is 1. The molecule has 0 bridgehead atoms. The lowest BCUT2D eigenvalue weighted by molar-refractivity contribution is 0.176. The van der Waals surface area contributed by atoms with Crippen LogP contribution in [0.4, 0.5) is 5.82 Å². The van der Waals surface area contributed by atoms with Crippen LogP contribution in [0.3, 0.4) is 0 Å². The lowest BCUT2D eigenvalue weighted by Gasteiger charge is -1.96. The number of rotatable bonds is 3. The molecule has 0 aliphatic carbocycles. The van der Waals surface area contributed by atoms with Crippen LogP contribution in [0.25, 0.3) is 15.7 Å². The van der Waals surface area contributed by atoms with Crippen LogP contribution in [0.2, 0.25) is 0 Å². The molecule has 3 rings (SSSR count). The Hall–Kier alpha value is -2.06. The molecule has 0 radical (unpaired) electrons. The van der Waals surface area contributed by atoms with Crippen molar-refractivity contribution >= 4 is 22.1 Å². The third kappa shape index (κ3) is 1.81. The summed E-state index contributed by atoms with van der Waals surface area (Å²) in [7, 11) is 1.60. The first-order chi connectivity index (χ1) is 8.78. The Morgan fingerprint density at radius 1 is 1.39 bits per heavy atom. The molecule has 0 saturated heterocycles. The second kappa shape index (κ2) is 4.31. The molecular weight excluding hydrogens is 252 g/mol. The molecule has 0 unspecified atom stereocenters. The first-order valence-corrected chi connectivity index (χ1v) is 6.02. The Bertz CT molecular complexity index is 691. The zero-order valence-electron chi connectivity index (χ0n) is 9.57. The Morgan fingerprint density at radius 3 is 3.06 bits per heavy atom. The molecule has 0 aliphatic rings. The molecule has 0 amide bonds. The normalized spacial score (nSPS) is 11.2. The number of aromatic nitrogens is 5. The van der Waals surface area contributed by atoms with Gasteiger partial charge in [0.1, 0.15) is 18.1 Å². The number of nitrogens with zero attached hydrogens (tertiary/aromatic N) is 5. The Balaban J connectivity index is 2.08. The van der Waals surface area contributed by atoms with Gasteiger partial charge in [0.2, 0.25) is 4.96 Å². The van der Waals surface area contributed by atoms with Gasteiger partial charge >= 0.3 is 0 Å². The smallest absolute Gasteiger partial charge is 0.235 e. The summed E-state index contributed by atoms with van der Waals surface area (Å²) < 4.78 is 6.70. The maximum atomic E-state index is 5.65. The number of hydrogen-bond acceptors (Lipinski definition) is 7. The zero-order valence-corrected chi connectivity index (χ0v) is 10.4. The summed E-state index contributed by atoms with van der Waals surface area (Å²) in [6.07, 6.45) is 0. The second-order valence-corrected chi connectivity index (χ2v) is 4.55. The SMILES string of the molecule is COCc1nnc2sc(-c3cccc(N)n3)nn12. The van der Waals surface area contributed by atoms with E-state index in [1.165, 1.54) is 11.3 Å². The lowest BCUT2D eigenvalue weighted by atomic mass is 10.3. The molecular formula is C10H10N6OS. The van der Waals surface area contributed by atoms with E-state index in [4.69, 9.17) is 10.5 Å². The number of hydrogen-bond donors (Lipinski definition) is 1. The zero-order chi connectivity index (χ0) is 12.5. The van der Waals surface area contributed by atoms with E-state index in [2.05, 4.69) is 20.3 Å². The minimum Gasteiger partial charge on any atom is -0.384 e. The molecule has 0 atom stereocenters. The van der Waals surface area contributed by atoms with E-state index in [9.17, 15) is 0 Å². The van der Waals surface area contributed by atoms with Crippen molar-refractivity contribution < 1.29 is 4.74 Å². The fraction of sp³-hybridized carbons (Fsp3) is 0.200. The number of nitrogens with two attached hydrogens (primary N) is 1. The van der Waals surface area contributed by atoms with Crippen LogP contribution in [0, 0.1) is 0 Å². The van der Waals surface area contributed by atoms with Crippen molar-refractivity contribution in [3.8, 4) is 10.7 Å². The molecule has 3 heterocycles. The van der Waals surface area contributed by atoms with Gasteiger partial charge in [0.05, 0.1) is 0 Å². The van der Waals surface area contributed by atoms with Crippen molar-refractivity contribution in [2.24, 2.45) is 0 Å². The minimum absolute atomic E-state index is 0.370. The third-order valence-electron chi connectivity index (χ3n) is 2.32. The number of nitrogen functional groups attached to an aromatic ring is 1. The molecule has 0 aromatic carbocycles. The number of ether oxygens (including phenoxy) is 1. The van der Waals surface area contributed by atoms with Gasteiger partial charge in [-0.3, -0.25) is 0 Å².